The van der Waals surface area contributed by atoms with Crippen LogP contribution in [0.5, 0.6) is 0 Å². The molecule has 0 saturated carbocycles. The highest BCUT2D eigenvalue weighted by Gasteiger charge is 2.12. The van der Waals surface area contributed by atoms with Crippen LogP contribution in [0.1, 0.15) is 5.56 Å². The predicted octanol–water partition coefficient (Wildman–Crippen LogP) is 4.26. The van der Waals surface area contributed by atoms with Crippen LogP contribution < -0.4 is 5.32 Å². The van der Waals surface area contributed by atoms with Crippen molar-refractivity contribution in [3.8, 4) is 10.6 Å². The molecule has 2 aromatic carbocycles. The number of nitrogens with zero attached hydrogens (tertiary/aromatic N) is 3. The van der Waals surface area contributed by atoms with Crippen molar-refractivity contribution in [1.29, 1.82) is 0 Å². The molecule has 0 aliphatic rings. The van der Waals surface area contributed by atoms with Gasteiger partial charge >= 0.3 is 0 Å². The molecule has 0 atom stereocenters. The molecule has 2 aromatic heterocycles. The molecule has 0 amide bonds. The average Bonchev–Trinajstić information content (AvgIpc) is 2.97. The van der Waals surface area contributed by atoms with Crippen LogP contribution >= 0.6 is 11.3 Å². The van der Waals surface area contributed by atoms with E-state index in [-0.39, 0.29) is 0 Å². The first kappa shape index (κ1) is 13.2. The van der Waals surface area contributed by atoms with E-state index in [2.05, 4.69) is 40.4 Å². The SMILES string of the molecule is CNc1ncc2cc(C)cc(-c3nc4ccccc4s3)c2n1. The van der Waals surface area contributed by atoms with Crippen LogP contribution in [0.3, 0.4) is 0 Å². The molecule has 0 radical (unpaired) electrons. The summed E-state index contributed by atoms with van der Waals surface area (Å²) in [6.45, 7) is 2.09. The third-order valence-corrected chi connectivity index (χ3v) is 4.64. The molecule has 0 spiro atoms. The quantitative estimate of drug-likeness (QED) is 0.601. The summed E-state index contributed by atoms with van der Waals surface area (Å²) in [7, 11) is 1.83. The van der Waals surface area contributed by atoms with Gasteiger partial charge in [0, 0.05) is 24.2 Å². The van der Waals surface area contributed by atoms with E-state index in [9.17, 15) is 0 Å². The lowest BCUT2D eigenvalue weighted by Gasteiger charge is -2.06. The number of hydrogen-bond donors (Lipinski definition) is 1. The number of thiazole rings is 1. The Bertz CT molecular complexity index is 957. The van der Waals surface area contributed by atoms with Gasteiger partial charge in [-0.05, 0) is 36.8 Å². The zero-order valence-corrected chi connectivity index (χ0v) is 13.1. The predicted molar refractivity (Wildman–Crippen MR) is 92.4 cm³/mol. The first-order valence-corrected chi connectivity index (χ1v) is 7.87. The first-order valence-electron chi connectivity index (χ1n) is 7.06. The Kier molecular flexibility index (Phi) is 3.01. The molecule has 4 rings (SSSR count). The summed E-state index contributed by atoms with van der Waals surface area (Å²) in [5.74, 6) is 0.624. The largest absolute Gasteiger partial charge is 0.357 e. The van der Waals surface area contributed by atoms with Crippen molar-refractivity contribution in [2.45, 2.75) is 6.92 Å². The molecule has 1 N–H and O–H groups in total. The second-order valence-corrected chi connectivity index (χ2v) is 6.21. The standard InChI is InChI=1S/C17H14N4S/c1-10-7-11-9-19-17(18-2)21-15(11)12(8-10)16-20-13-5-3-4-6-14(13)22-16/h3-9H,1-2H3,(H,18,19,21). The lowest BCUT2D eigenvalue weighted by atomic mass is 10.1. The molecule has 5 heteroatoms. The van der Waals surface area contributed by atoms with E-state index >= 15 is 0 Å². The van der Waals surface area contributed by atoms with Crippen molar-refractivity contribution in [2.24, 2.45) is 0 Å². The number of aromatic nitrogens is 3. The van der Waals surface area contributed by atoms with E-state index in [4.69, 9.17) is 4.98 Å². The maximum Gasteiger partial charge on any atom is 0.222 e. The number of fused-ring (bicyclic) bond motifs is 2. The van der Waals surface area contributed by atoms with Crippen molar-refractivity contribution in [3.63, 3.8) is 0 Å². The Labute approximate surface area is 131 Å². The molecule has 22 heavy (non-hydrogen) atoms. The molecular formula is C17H14N4S. The molecule has 0 aliphatic carbocycles. The van der Waals surface area contributed by atoms with Crippen molar-refractivity contribution < 1.29 is 0 Å². The smallest absolute Gasteiger partial charge is 0.222 e. The van der Waals surface area contributed by atoms with Crippen LogP contribution in [0, 0.1) is 6.92 Å². The van der Waals surface area contributed by atoms with Gasteiger partial charge in [-0.15, -0.1) is 11.3 Å². The normalized spacial score (nSPS) is 11.2. The highest BCUT2D eigenvalue weighted by molar-refractivity contribution is 7.21. The molecule has 0 bridgehead atoms. The van der Waals surface area contributed by atoms with E-state index in [0.29, 0.717) is 5.95 Å². The molecule has 4 nitrogen and oxygen atoms in total. The van der Waals surface area contributed by atoms with Gasteiger partial charge in [0.15, 0.2) is 0 Å². The molecule has 108 valence electrons. The topological polar surface area (TPSA) is 50.7 Å². The fourth-order valence-electron chi connectivity index (χ4n) is 2.57. The molecule has 0 aliphatic heterocycles. The van der Waals surface area contributed by atoms with Gasteiger partial charge < -0.3 is 5.32 Å². The van der Waals surface area contributed by atoms with Gasteiger partial charge in [0.05, 0.1) is 15.7 Å². The van der Waals surface area contributed by atoms with Gasteiger partial charge in [0.1, 0.15) is 5.01 Å². The number of nitrogens with one attached hydrogen (secondary N) is 1. The molecular weight excluding hydrogens is 292 g/mol. The highest BCUT2D eigenvalue weighted by atomic mass is 32.1. The van der Waals surface area contributed by atoms with Gasteiger partial charge in [-0.2, -0.15) is 0 Å². The number of benzene rings is 2. The van der Waals surface area contributed by atoms with Crippen LogP contribution in [-0.2, 0) is 0 Å². The Morgan fingerprint density at radius 1 is 1.09 bits per heavy atom. The molecule has 4 aromatic rings. The monoisotopic (exact) mass is 306 g/mol. The number of hydrogen-bond acceptors (Lipinski definition) is 5. The third kappa shape index (κ3) is 2.10. The average molecular weight is 306 g/mol. The van der Waals surface area contributed by atoms with Gasteiger partial charge in [-0.1, -0.05) is 12.1 Å². The molecule has 0 unspecified atom stereocenters. The molecule has 0 saturated heterocycles. The Morgan fingerprint density at radius 2 is 1.95 bits per heavy atom. The lowest BCUT2D eigenvalue weighted by molar-refractivity contribution is 1.19. The van der Waals surface area contributed by atoms with E-state index in [0.717, 1.165) is 27.0 Å². The maximum absolute atomic E-state index is 4.77. The number of aryl methyl sites for hydroxylation is 1. The summed E-state index contributed by atoms with van der Waals surface area (Å²) in [6.07, 6.45) is 1.86. The van der Waals surface area contributed by atoms with Gasteiger partial charge in [0.25, 0.3) is 0 Å². The van der Waals surface area contributed by atoms with Crippen LogP contribution in [-0.4, -0.2) is 22.0 Å². The van der Waals surface area contributed by atoms with Crippen LogP contribution in [0.15, 0.2) is 42.6 Å². The fourth-order valence-corrected chi connectivity index (χ4v) is 3.55. The van der Waals surface area contributed by atoms with E-state index in [1.54, 1.807) is 11.3 Å². The van der Waals surface area contributed by atoms with Gasteiger partial charge in [-0.3, -0.25) is 0 Å². The summed E-state index contributed by atoms with van der Waals surface area (Å²) in [5, 5.41) is 5.03. The summed E-state index contributed by atoms with van der Waals surface area (Å²) in [5.41, 5.74) is 4.21. The zero-order chi connectivity index (χ0) is 15.1. The van der Waals surface area contributed by atoms with Crippen molar-refractivity contribution >= 4 is 38.4 Å². The summed E-state index contributed by atoms with van der Waals surface area (Å²) in [4.78, 5) is 13.7. The molecule has 2 heterocycles. The summed E-state index contributed by atoms with van der Waals surface area (Å²) in [6, 6.07) is 12.4. The first-order chi connectivity index (χ1) is 10.7. The van der Waals surface area contributed by atoms with E-state index in [1.807, 2.05) is 31.4 Å². The maximum atomic E-state index is 4.77. The summed E-state index contributed by atoms with van der Waals surface area (Å²) < 4.78 is 1.19. The van der Waals surface area contributed by atoms with Crippen LogP contribution in [0.4, 0.5) is 5.95 Å². The minimum absolute atomic E-state index is 0.624. The van der Waals surface area contributed by atoms with Crippen molar-refractivity contribution in [2.75, 3.05) is 12.4 Å². The summed E-state index contributed by atoms with van der Waals surface area (Å²) >= 11 is 1.70. The van der Waals surface area contributed by atoms with Crippen LogP contribution in [0.25, 0.3) is 31.7 Å². The Balaban J connectivity index is 2.03. The van der Waals surface area contributed by atoms with Gasteiger partial charge in [-0.25, -0.2) is 15.0 Å². The third-order valence-electron chi connectivity index (χ3n) is 3.58. The number of rotatable bonds is 2. The second-order valence-electron chi connectivity index (χ2n) is 5.18. The Morgan fingerprint density at radius 3 is 2.77 bits per heavy atom. The van der Waals surface area contributed by atoms with E-state index in [1.165, 1.54) is 10.3 Å². The van der Waals surface area contributed by atoms with Crippen LogP contribution in [0.2, 0.25) is 0 Å². The minimum atomic E-state index is 0.624. The second kappa shape index (κ2) is 5.03. The Hall–Kier alpha value is -2.53. The minimum Gasteiger partial charge on any atom is -0.357 e. The zero-order valence-electron chi connectivity index (χ0n) is 12.3. The number of para-hydroxylation sites is 1. The number of anilines is 1. The van der Waals surface area contributed by atoms with Crippen molar-refractivity contribution in [3.05, 3.63) is 48.2 Å². The van der Waals surface area contributed by atoms with E-state index < -0.39 is 0 Å². The highest BCUT2D eigenvalue weighted by Crippen LogP contribution is 2.34. The lowest BCUT2D eigenvalue weighted by Crippen LogP contribution is -1.97. The van der Waals surface area contributed by atoms with Crippen molar-refractivity contribution in [1.82, 2.24) is 15.0 Å². The fraction of sp³-hybridized carbons (Fsp3) is 0.118. The van der Waals surface area contributed by atoms with Gasteiger partial charge in [0.2, 0.25) is 5.95 Å². The molecule has 0 fully saturated rings.